The van der Waals surface area contributed by atoms with Crippen LogP contribution in [0.2, 0.25) is 0 Å². The quantitative estimate of drug-likeness (QED) is 0.489. The Balaban J connectivity index is 1.75. The lowest BCUT2D eigenvalue weighted by atomic mass is 9.60. The molecule has 2 atom stereocenters. The van der Waals surface area contributed by atoms with Crippen molar-refractivity contribution in [2.24, 2.45) is 5.92 Å². The molecule has 2 aromatic rings. The second-order valence-electron chi connectivity index (χ2n) is 8.57. The third-order valence-corrected chi connectivity index (χ3v) is 6.71. The molecule has 5 heteroatoms. The van der Waals surface area contributed by atoms with Crippen molar-refractivity contribution in [3.63, 3.8) is 0 Å². The molecule has 0 N–H and O–H groups in total. The van der Waals surface area contributed by atoms with Crippen LogP contribution in [0.1, 0.15) is 55.7 Å². The van der Waals surface area contributed by atoms with Gasteiger partial charge in [0.25, 0.3) is 0 Å². The fourth-order valence-electron chi connectivity index (χ4n) is 4.34. The van der Waals surface area contributed by atoms with Gasteiger partial charge in [0.05, 0.1) is 17.0 Å². The van der Waals surface area contributed by atoms with Crippen LogP contribution >= 0.6 is 0 Å². The van der Waals surface area contributed by atoms with Gasteiger partial charge in [-0.3, -0.25) is 4.90 Å². The Hall–Kier alpha value is -2.32. The van der Waals surface area contributed by atoms with E-state index in [4.69, 9.17) is 0 Å². The Morgan fingerprint density at radius 2 is 1.63 bits per heavy atom. The minimum Gasteiger partial charge on any atom is -0.299 e. The fraction of sp³-hybridized carbons (Fsp3) is 0.480. The smallest absolute Gasteiger partial charge is 0.299 e. The number of halogens is 3. The summed E-state index contributed by atoms with van der Waals surface area (Å²) < 4.78 is 39.0. The summed E-state index contributed by atoms with van der Waals surface area (Å²) in [7, 11) is 2.08. The van der Waals surface area contributed by atoms with Gasteiger partial charge in [0.2, 0.25) is 0 Å². The molecule has 3 rings (SSSR count). The lowest BCUT2D eigenvalue weighted by molar-refractivity contribution is -0.137. The lowest BCUT2D eigenvalue weighted by Gasteiger charge is -2.42. The van der Waals surface area contributed by atoms with Gasteiger partial charge in [0.15, 0.2) is 0 Å². The lowest BCUT2D eigenvalue weighted by Crippen LogP contribution is -2.40. The monoisotopic (exact) mass is 414 g/mol. The van der Waals surface area contributed by atoms with Crippen molar-refractivity contribution >= 4 is 0 Å². The van der Waals surface area contributed by atoms with E-state index < -0.39 is 17.2 Å². The van der Waals surface area contributed by atoms with Gasteiger partial charge in [-0.05, 0) is 68.8 Å². The largest absolute Gasteiger partial charge is 0.416 e. The van der Waals surface area contributed by atoms with Crippen LogP contribution in [0.3, 0.4) is 0 Å². The third kappa shape index (κ3) is 4.87. The standard InChI is InChI=1S/C25H29F3N2/c1-19(30(2)17-20-7-4-3-5-8-20)15-16-24(18-29,21-9-6-10-21)22-11-13-23(14-12-22)25(26,27)28/h3-5,7-8,11-14,19,21H,6,9-10,15-17H2,1-2H3. The van der Waals surface area contributed by atoms with Crippen molar-refractivity contribution in [3.05, 3.63) is 71.3 Å². The average Bonchev–Trinajstić information content (AvgIpc) is 2.69. The summed E-state index contributed by atoms with van der Waals surface area (Å²) in [5.41, 5.74) is 0.577. The van der Waals surface area contributed by atoms with Crippen molar-refractivity contribution in [3.8, 4) is 6.07 Å². The van der Waals surface area contributed by atoms with Crippen molar-refractivity contribution < 1.29 is 13.2 Å². The summed E-state index contributed by atoms with van der Waals surface area (Å²) >= 11 is 0. The fourth-order valence-corrected chi connectivity index (χ4v) is 4.34. The minimum atomic E-state index is -4.36. The summed E-state index contributed by atoms with van der Waals surface area (Å²) in [6.07, 6.45) is 0.108. The van der Waals surface area contributed by atoms with E-state index in [2.05, 4.69) is 37.1 Å². The van der Waals surface area contributed by atoms with Crippen molar-refractivity contribution in [2.45, 2.75) is 63.2 Å². The van der Waals surface area contributed by atoms with Gasteiger partial charge in [-0.2, -0.15) is 18.4 Å². The van der Waals surface area contributed by atoms with Crippen LogP contribution in [0.5, 0.6) is 0 Å². The van der Waals surface area contributed by atoms with Gasteiger partial charge < -0.3 is 0 Å². The van der Waals surface area contributed by atoms with Gasteiger partial charge in [0, 0.05) is 12.6 Å². The van der Waals surface area contributed by atoms with Crippen LogP contribution in [0.15, 0.2) is 54.6 Å². The van der Waals surface area contributed by atoms with E-state index in [9.17, 15) is 18.4 Å². The van der Waals surface area contributed by atoms with Gasteiger partial charge in [-0.1, -0.05) is 48.9 Å². The molecule has 0 bridgehead atoms. The highest BCUT2D eigenvalue weighted by Gasteiger charge is 2.44. The summed E-state index contributed by atoms with van der Waals surface area (Å²) in [6, 6.07) is 18.3. The van der Waals surface area contributed by atoms with Crippen LogP contribution in [0.25, 0.3) is 0 Å². The van der Waals surface area contributed by atoms with Gasteiger partial charge in [-0.15, -0.1) is 0 Å². The Labute approximate surface area is 177 Å². The number of hydrogen-bond donors (Lipinski definition) is 0. The first kappa shape index (κ1) is 22.4. The Bertz CT molecular complexity index is 851. The van der Waals surface area contributed by atoms with E-state index in [1.807, 2.05) is 18.2 Å². The number of nitrogens with zero attached hydrogens (tertiary/aromatic N) is 2. The Morgan fingerprint density at radius 1 is 1.03 bits per heavy atom. The molecule has 0 spiro atoms. The van der Waals surface area contributed by atoms with E-state index in [1.54, 1.807) is 0 Å². The third-order valence-electron chi connectivity index (χ3n) is 6.71. The molecule has 1 aliphatic carbocycles. The predicted molar refractivity (Wildman–Crippen MR) is 113 cm³/mol. The zero-order valence-corrected chi connectivity index (χ0v) is 17.6. The van der Waals surface area contributed by atoms with E-state index in [1.165, 1.54) is 17.7 Å². The molecule has 0 aromatic heterocycles. The highest BCUT2D eigenvalue weighted by atomic mass is 19.4. The second kappa shape index (κ2) is 9.22. The van der Waals surface area contributed by atoms with Crippen LogP contribution < -0.4 is 0 Å². The minimum absolute atomic E-state index is 0.214. The molecule has 2 aromatic carbocycles. The molecular formula is C25H29F3N2. The molecule has 0 amide bonds. The molecule has 0 heterocycles. The molecule has 1 fully saturated rings. The van der Waals surface area contributed by atoms with Crippen molar-refractivity contribution in [2.75, 3.05) is 7.05 Å². The molecular weight excluding hydrogens is 385 g/mol. The van der Waals surface area contributed by atoms with Gasteiger partial charge in [-0.25, -0.2) is 0 Å². The second-order valence-corrected chi connectivity index (χ2v) is 8.57. The first-order chi connectivity index (χ1) is 14.3. The maximum Gasteiger partial charge on any atom is 0.416 e. The van der Waals surface area contributed by atoms with Crippen LogP contribution in [-0.4, -0.2) is 18.0 Å². The van der Waals surface area contributed by atoms with Gasteiger partial charge >= 0.3 is 6.18 Å². The van der Waals surface area contributed by atoms with E-state index in [-0.39, 0.29) is 12.0 Å². The first-order valence-corrected chi connectivity index (χ1v) is 10.6. The zero-order valence-electron chi connectivity index (χ0n) is 17.6. The molecule has 160 valence electrons. The number of rotatable bonds is 8. The van der Waals surface area contributed by atoms with E-state index in [0.29, 0.717) is 6.42 Å². The molecule has 1 aliphatic rings. The number of alkyl halides is 3. The average molecular weight is 415 g/mol. The number of nitriles is 1. The summed E-state index contributed by atoms with van der Waals surface area (Å²) in [5.74, 6) is 0.214. The molecule has 0 saturated heterocycles. The summed E-state index contributed by atoms with van der Waals surface area (Å²) in [6.45, 7) is 2.98. The molecule has 2 unspecified atom stereocenters. The van der Waals surface area contributed by atoms with Crippen LogP contribution in [0.4, 0.5) is 13.2 Å². The van der Waals surface area contributed by atoms with E-state index in [0.717, 1.165) is 49.9 Å². The topological polar surface area (TPSA) is 27.0 Å². The van der Waals surface area contributed by atoms with E-state index >= 15 is 0 Å². The predicted octanol–water partition coefficient (Wildman–Crippen LogP) is 6.57. The zero-order chi connectivity index (χ0) is 21.8. The number of hydrogen-bond acceptors (Lipinski definition) is 2. The maximum atomic E-state index is 13.0. The summed E-state index contributed by atoms with van der Waals surface area (Å²) in [4.78, 5) is 2.27. The van der Waals surface area contributed by atoms with Crippen LogP contribution in [0, 0.1) is 17.2 Å². The summed E-state index contributed by atoms with van der Waals surface area (Å²) in [5, 5.41) is 10.2. The SMILES string of the molecule is CC(CCC(C#N)(c1ccc(C(F)(F)F)cc1)C1CCC1)N(C)Cc1ccccc1. The van der Waals surface area contributed by atoms with Gasteiger partial charge in [0.1, 0.15) is 0 Å². The Morgan fingerprint density at radius 3 is 2.13 bits per heavy atom. The highest BCUT2D eigenvalue weighted by molar-refractivity contribution is 5.37. The first-order valence-electron chi connectivity index (χ1n) is 10.6. The van der Waals surface area contributed by atoms with Crippen molar-refractivity contribution in [1.29, 1.82) is 5.26 Å². The molecule has 2 nitrogen and oxygen atoms in total. The molecule has 0 aliphatic heterocycles. The van der Waals surface area contributed by atoms with Crippen LogP contribution in [-0.2, 0) is 18.1 Å². The van der Waals surface area contributed by atoms with Crippen molar-refractivity contribution in [1.82, 2.24) is 4.90 Å². The molecule has 1 saturated carbocycles. The molecule has 0 radical (unpaired) electrons. The normalized spacial score (nSPS) is 17.8. The number of benzene rings is 2. The maximum absolute atomic E-state index is 13.0. The Kier molecular flexibility index (Phi) is 6.88. The highest BCUT2D eigenvalue weighted by Crippen LogP contribution is 2.47. The molecule has 30 heavy (non-hydrogen) atoms.